The van der Waals surface area contributed by atoms with Crippen LogP contribution in [0, 0.1) is 0 Å². The van der Waals surface area contributed by atoms with E-state index in [1.54, 1.807) is 18.7 Å². The zero-order chi connectivity index (χ0) is 27.9. The first kappa shape index (κ1) is 24.1. The quantitative estimate of drug-likeness (QED) is 0.210. The van der Waals surface area contributed by atoms with Gasteiger partial charge < -0.3 is 0 Å². The molecule has 2 aromatic heterocycles. The third kappa shape index (κ3) is 4.09. The maximum absolute atomic E-state index is 4.75. The summed E-state index contributed by atoms with van der Waals surface area (Å²) in [7, 11) is 0. The molecular formula is C38H24N4. The molecule has 42 heavy (non-hydrogen) atoms. The van der Waals surface area contributed by atoms with Gasteiger partial charge in [-0.15, -0.1) is 0 Å². The van der Waals surface area contributed by atoms with E-state index in [2.05, 4.69) is 124 Å². The van der Waals surface area contributed by atoms with E-state index in [-0.39, 0.29) is 0 Å². The van der Waals surface area contributed by atoms with Crippen LogP contribution in [0.15, 0.2) is 146 Å². The Morgan fingerprint density at radius 3 is 1.60 bits per heavy atom. The predicted molar refractivity (Wildman–Crippen MR) is 172 cm³/mol. The molecule has 0 atom stereocenters. The van der Waals surface area contributed by atoms with Crippen molar-refractivity contribution in [3.05, 3.63) is 146 Å². The molecule has 8 aromatic rings. The number of aromatic nitrogens is 4. The smallest absolute Gasteiger partial charge is 0.164 e. The Hall–Kier alpha value is -5.74. The molecule has 196 valence electrons. The average molecular weight is 537 g/mol. The van der Waals surface area contributed by atoms with Crippen LogP contribution in [0.1, 0.15) is 0 Å². The Labute approximate surface area is 243 Å². The molecule has 0 aliphatic carbocycles. The predicted octanol–water partition coefficient (Wildman–Crippen LogP) is 9.39. The maximum Gasteiger partial charge on any atom is 0.164 e. The molecule has 0 spiro atoms. The summed E-state index contributed by atoms with van der Waals surface area (Å²) in [5.74, 6) is 1.24. The number of hydrogen-bond acceptors (Lipinski definition) is 4. The molecule has 0 radical (unpaired) electrons. The summed E-state index contributed by atoms with van der Waals surface area (Å²) in [5.41, 5.74) is 6.42. The van der Waals surface area contributed by atoms with Crippen molar-refractivity contribution in [2.45, 2.75) is 0 Å². The van der Waals surface area contributed by atoms with Crippen molar-refractivity contribution in [2.24, 2.45) is 0 Å². The number of pyridine rings is 1. The second kappa shape index (κ2) is 10.0. The molecule has 0 saturated heterocycles. The summed E-state index contributed by atoms with van der Waals surface area (Å²) in [4.78, 5) is 17.8. The normalized spacial score (nSPS) is 11.3. The summed E-state index contributed by atoms with van der Waals surface area (Å²) in [6.07, 6.45) is 5.07. The molecule has 0 fully saturated rings. The van der Waals surface area contributed by atoms with E-state index >= 15 is 0 Å². The largest absolute Gasteiger partial charge is 0.264 e. The molecule has 0 N–H and O–H groups in total. The summed E-state index contributed by atoms with van der Waals surface area (Å²) in [6.45, 7) is 0. The Morgan fingerprint density at radius 2 is 0.929 bits per heavy atom. The third-order valence-electron chi connectivity index (χ3n) is 7.91. The van der Waals surface area contributed by atoms with E-state index in [0.717, 1.165) is 22.3 Å². The zero-order valence-electron chi connectivity index (χ0n) is 22.6. The van der Waals surface area contributed by atoms with Crippen LogP contribution in [-0.4, -0.2) is 19.9 Å². The first-order chi connectivity index (χ1) is 20.8. The van der Waals surface area contributed by atoms with Gasteiger partial charge in [0.05, 0.1) is 0 Å². The van der Waals surface area contributed by atoms with Crippen molar-refractivity contribution in [3.8, 4) is 45.0 Å². The van der Waals surface area contributed by atoms with Gasteiger partial charge in [-0.25, -0.2) is 15.0 Å². The van der Waals surface area contributed by atoms with Crippen LogP contribution in [0.2, 0.25) is 0 Å². The molecule has 4 heteroatoms. The van der Waals surface area contributed by atoms with Crippen molar-refractivity contribution in [2.75, 3.05) is 0 Å². The fourth-order valence-electron chi connectivity index (χ4n) is 5.96. The van der Waals surface area contributed by atoms with Gasteiger partial charge in [-0.1, -0.05) is 103 Å². The van der Waals surface area contributed by atoms with Crippen LogP contribution in [-0.2, 0) is 0 Å². The second-order valence-corrected chi connectivity index (χ2v) is 10.4. The molecule has 0 unspecified atom stereocenters. The lowest BCUT2D eigenvalue weighted by molar-refractivity contribution is 1.06. The molecule has 0 aliphatic heterocycles. The minimum Gasteiger partial charge on any atom is -0.264 e. The molecule has 8 rings (SSSR count). The van der Waals surface area contributed by atoms with Crippen molar-refractivity contribution in [1.29, 1.82) is 0 Å². The Kier molecular flexibility index (Phi) is 5.75. The van der Waals surface area contributed by atoms with Gasteiger partial charge in [-0.3, -0.25) is 4.98 Å². The van der Waals surface area contributed by atoms with Gasteiger partial charge in [0.1, 0.15) is 6.33 Å². The monoisotopic (exact) mass is 536 g/mol. The summed E-state index contributed by atoms with van der Waals surface area (Å²) >= 11 is 0. The summed E-state index contributed by atoms with van der Waals surface area (Å²) in [5, 5.41) is 7.65. The number of rotatable bonds is 4. The van der Waals surface area contributed by atoms with Crippen LogP contribution in [0.5, 0.6) is 0 Å². The van der Waals surface area contributed by atoms with Gasteiger partial charge in [-0.2, -0.15) is 0 Å². The van der Waals surface area contributed by atoms with E-state index in [1.165, 1.54) is 43.4 Å². The fraction of sp³-hybridized carbons (Fsp3) is 0. The minimum atomic E-state index is 0.606. The SMILES string of the molecule is c1cncc(-c2ncnc(-c3cccc(-c4ccccc4-c4ccc5c6ccccc6c6ccccc6c5c4)c3)n2)c1. The molecule has 0 aliphatic rings. The maximum atomic E-state index is 4.75. The van der Waals surface area contributed by atoms with Gasteiger partial charge >= 0.3 is 0 Å². The minimum absolute atomic E-state index is 0.606. The highest BCUT2D eigenvalue weighted by Crippen LogP contribution is 2.39. The van der Waals surface area contributed by atoms with E-state index in [4.69, 9.17) is 4.98 Å². The van der Waals surface area contributed by atoms with Gasteiger partial charge in [0.2, 0.25) is 0 Å². The molecule has 0 bridgehead atoms. The fourth-order valence-corrected chi connectivity index (χ4v) is 5.96. The first-order valence-corrected chi connectivity index (χ1v) is 14.0. The van der Waals surface area contributed by atoms with Crippen molar-refractivity contribution in [3.63, 3.8) is 0 Å². The highest BCUT2D eigenvalue weighted by molar-refractivity contribution is 6.25. The van der Waals surface area contributed by atoms with Gasteiger partial charge in [0, 0.05) is 23.5 Å². The zero-order valence-corrected chi connectivity index (χ0v) is 22.6. The van der Waals surface area contributed by atoms with Gasteiger partial charge in [0.15, 0.2) is 11.6 Å². The van der Waals surface area contributed by atoms with Crippen molar-refractivity contribution < 1.29 is 0 Å². The standard InChI is InChI=1S/C38H24N4/c1-2-13-30(26-18-19-35-33-16-4-3-14-31(33)32-15-5-6-17-34(32)36(35)22-26)29(12-1)25-9-7-10-27(21-25)37-40-24-41-38(42-37)28-11-8-20-39-23-28/h1-24H. The molecular weight excluding hydrogens is 512 g/mol. The van der Waals surface area contributed by atoms with E-state index in [0.29, 0.717) is 11.6 Å². The lowest BCUT2D eigenvalue weighted by Crippen LogP contribution is -1.95. The Bertz CT molecular complexity index is 2220. The van der Waals surface area contributed by atoms with E-state index in [1.807, 2.05) is 18.2 Å². The van der Waals surface area contributed by atoms with Crippen molar-refractivity contribution >= 4 is 32.3 Å². The van der Waals surface area contributed by atoms with Crippen LogP contribution >= 0.6 is 0 Å². The topological polar surface area (TPSA) is 51.6 Å². The number of fused-ring (bicyclic) bond motifs is 6. The van der Waals surface area contributed by atoms with Crippen LogP contribution < -0.4 is 0 Å². The van der Waals surface area contributed by atoms with Crippen molar-refractivity contribution in [1.82, 2.24) is 19.9 Å². The third-order valence-corrected chi connectivity index (χ3v) is 7.91. The Balaban J connectivity index is 1.26. The molecule has 6 aromatic carbocycles. The van der Waals surface area contributed by atoms with Crippen LogP contribution in [0.4, 0.5) is 0 Å². The lowest BCUT2D eigenvalue weighted by Gasteiger charge is -2.14. The van der Waals surface area contributed by atoms with E-state index in [9.17, 15) is 0 Å². The highest BCUT2D eigenvalue weighted by Gasteiger charge is 2.13. The summed E-state index contributed by atoms with van der Waals surface area (Å²) < 4.78 is 0. The molecule has 0 amide bonds. The summed E-state index contributed by atoms with van der Waals surface area (Å²) in [6, 6.07) is 45.1. The number of benzene rings is 6. The highest BCUT2D eigenvalue weighted by atomic mass is 15.0. The Morgan fingerprint density at radius 1 is 0.381 bits per heavy atom. The number of nitrogens with zero attached hydrogens (tertiary/aromatic N) is 4. The average Bonchev–Trinajstić information content (AvgIpc) is 3.09. The lowest BCUT2D eigenvalue weighted by atomic mass is 9.89. The van der Waals surface area contributed by atoms with E-state index < -0.39 is 0 Å². The molecule has 2 heterocycles. The van der Waals surface area contributed by atoms with Gasteiger partial charge in [-0.05, 0) is 78.8 Å². The first-order valence-electron chi connectivity index (χ1n) is 14.0. The van der Waals surface area contributed by atoms with Crippen LogP contribution in [0.25, 0.3) is 77.3 Å². The second-order valence-electron chi connectivity index (χ2n) is 10.4. The molecule has 0 saturated carbocycles. The number of hydrogen-bond donors (Lipinski definition) is 0. The molecule has 4 nitrogen and oxygen atoms in total. The van der Waals surface area contributed by atoms with Gasteiger partial charge in [0.25, 0.3) is 0 Å². The van der Waals surface area contributed by atoms with Crippen LogP contribution in [0.3, 0.4) is 0 Å².